The number of aliphatic imine (C=N–C) groups is 1. The third-order valence-corrected chi connectivity index (χ3v) is 7.72. The molecule has 0 aromatic carbocycles. The van der Waals surface area contributed by atoms with Crippen LogP contribution in [0.1, 0.15) is 91.4 Å². The molecule has 5 atom stereocenters. The molecular weight excluding hydrogens is 544 g/mol. The van der Waals surface area contributed by atoms with Crippen molar-refractivity contribution in [3.05, 3.63) is 0 Å². The van der Waals surface area contributed by atoms with E-state index < -0.39 is 53.8 Å². The molecule has 1 aliphatic rings. The molecule has 0 saturated heterocycles. The van der Waals surface area contributed by atoms with Gasteiger partial charge < -0.3 is 44.0 Å². The summed E-state index contributed by atoms with van der Waals surface area (Å²) >= 11 is 0. The topological polar surface area (TPSA) is 258 Å². The number of carbonyl (C=O) groups is 5. The van der Waals surface area contributed by atoms with E-state index in [0.29, 0.717) is 18.8 Å². The summed E-state index contributed by atoms with van der Waals surface area (Å²) in [7, 11) is 0. The number of aliphatic hydroxyl groups is 1. The van der Waals surface area contributed by atoms with Crippen molar-refractivity contribution in [3.8, 4) is 0 Å². The summed E-state index contributed by atoms with van der Waals surface area (Å²) in [5, 5.41) is 19.3. The minimum absolute atomic E-state index is 0.0556. The van der Waals surface area contributed by atoms with Gasteiger partial charge in [-0.1, -0.05) is 46.0 Å². The van der Waals surface area contributed by atoms with Crippen LogP contribution in [0.4, 0.5) is 0 Å². The summed E-state index contributed by atoms with van der Waals surface area (Å²) in [4.78, 5) is 65.9. The van der Waals surface area contributed by atoms with Crippen molar-refractivity contribution in [1.82, 2.24) is 16.0 Å². The first-order valence-corrected chi connectivity index (χ1v) is 14.9. The van der Waals surface area contributed by atoms with Crippen LogP contribution in [0.25, 0.3) is 0 Å². The first kappa shape index (κ1) is 36.6. The third kappa shape index (κ3) is 14.5. The zero-order valence-electron chi connectivity index (χ0n) is 25.3. The van der Waals surface area contributed by atoms with Crippen LogP contribution in [0.2, 0.25) is 0 Å². The van der Waals surface area contributed by atoms with E-state index in [0.717, 1.165) is 25.7 Å². The van der Waals surface area contributed by atoms with Gasteiger partial charge in [0.2, 0.25) is 29.5 Å². The standard InChI is InChI=1S/C28H52N8O6/c1-16(2)19(15-23(38)22(34-17(3)37)14-18-8-5-4-6-9-18)26(41)36-21(11-12-24(29)39)27(42)35-20(25(30)40)10-7-13-33-28(31)32/h16,18-23,38H,4-15H2,1-3H3,(H2,29,39)(H2,30,40)(H,34,37)(H,35,42)(H,36,41)(H4,31,32,33)/t19?,20-,21-,22-,23-/m0/s1. The molecule has 1 fully saturated rings. The van der Waals surface area contributed by atoms with Crippen molar-refractivity contribution in [1.29, 1.82) is 0 Å². The Hall–Kier alpha value is -3.42. The highest BCUT2D eigenvalue weighted by Gasteiger charge is 2.34. The monoisotopic (exact) mass is 596 g/mol. The lowest BCUT2D eigenvalue weighted by molar-refractivity contribution is -0.134. The molecule has 1 rings (SSSR count). The Labute approximate surface area is 248 Å². The molecular formula is C28H52N8O6. The Morgan fingerprint density at radius 2 is 1.50 bits per heavy atom. The molecule has 240 valence electrons. The van der Waals surface area contributed by atoms with E-state index in [1.165, 1.54) is 13.3 Å². The van der Waals surface area contributed by atoms with Gasteiger partial charge in [-0.3, -0.25) is 29.0 Å². The average molecular weight is 597 g/mol. The zero-order valence-corrected chi connectivity index (χ0v) is 25.3. The lowest BCUT2D eigenvalue weighted by Crippen LogP contribution is -2.54. The summed E-state index contributed by atoms with van der Waals surface area (Å²) in [6, 6.07) is -2.75. The second kappa shape index (κ2) is 18.9. The van der Waals surface area contributed by atoms with Gasteiger partial charge >= 0.3 is 0 Å². The Bertz CT molecular complexity index is 933. The second-order valence-corrected chi connectivity index (χ2v) is 11.7. The fraction of sp³-hybridized carbons (Fsp3) is 0.786. The largest absolute Gasteiger partial charge is 0.391 e. The van der Waals surface area contributed by atoms with Crippen LogP contribution in [0.5, 0.6) is 0 Å². The number of hydrogen-bond acceptors (Lipinski definition) is 7. The van der Waals surface area contributed by atoms with Crippen LogP contribution in [-0.4, -0.2) is 71.4 Å². The van der Waals surface area contributed by atoms with Crippen molar-refractivity contribution < 1.29 is 29.1 Å². The van der Waals surface area contributed by atoms with Crippen LogP contribution in [0.15, 0.2) is 4.99 Å². The minimum atomic E-state index is -1.18. The molecule has 0 bridgehead atoms. The van der Waals surface area contributed by atoms with E-state index in [4.69, 9.17) is 22.9 Å². The number of guanidine groups is 1. The van der Waals surface area contributed by atoms with E-state index in [-0.39, 0.29) is 50.0 Å². The summed E-state index contributed by atoms with van der Waals surface area (Å²) < 4.78 is 0. The summed E-state index contributed by atoms with van der Waals surface area (Å²) in [5.74, 6) is -3.56. The fourth-order valence-corrected chi connectivity index (χ4v) is 5.36. The van der Waals surface area contributed by atoms with Crippen LogP contribution >= 0.6 is 0 Å². The number of nitrogens with zero attached hydrogens (tertiary/aromatic N) is 1. The molecule has 42 heavy (non-hydrogen) atoms. The molecule has 1 unspecified atom stereocenters. The average Bonchev–Trinajstić information content (AvgIpc) is 2.90. The van der Waals surface area contributed by atoms with Crippen molar-refractivity contribution in [2.24, 2.45) is 45.7 Å². The Kier molecular flexibility index (Phi) is 16.5. The van der Waals surface area contributed by atoms with E-state index in [9.17, 15) is 29.1 Å². The number of aliphatic hydroxyl groups excluding tert-OH is 1. The maximum Gasteiger partial charge on any atom is 0.243 e. The molecule has 14 heteroatoms. The predicted octanol–water partition coefficient (Wildman–Crippen LogP) is -0.741. The Morgan fingerprint density at radius 1 is 0.881 bits per heavy atom. The highest BCUT2D eigenvalue weighted by molar-refractivity contribution is 5.92. The first-order chi connectivity index (χ1) is 19.7. The van der Waals surface area contributed by atoms with Gasteiger partial charge in [0, 0.05) is 25.8 Å². The molecule has 5 amide bonds. The number of amides is 5. The Morgan fingerprint density at radius 3 is 2.02 bits per heavy atom. The van der Waals surface area contributed by atoms with Crippen LogP contribution in [-0.2, 0) is 24.0 Å². The molecule has 1 saturated carbocycles. The lowest BCUT2D eigenvalue weighted by atomic mass is 9.81. The van der Waals surface area contributed by atoms with Crippen LogP contribution in [0.3, 0.4) is 0 Å². The third-order valence-electron chi connectivity index (χ3n) is 7.72. The van der Waals surface area contributed by atoms with E-state index >= 15 is 0 Å². The highest BCUT2D eigenvalue weighted by atomic mass is 16.3. The summed E-state index contributed by atoms with van der Waals surface area (Å²) in [6.45, 7) is 5.27. The maximum atomic E-state index is 13.5. The van der Waals surface area contributed by atoms with Gasteiger partial charge in [-0.05, 0) is 43.9 Å². The summed E-state index contributed by atoms with van der Waals surface area (Å²) in [5.41, 5.74) is 21.4. The zero-order chi connectivity index (χ0) is 31.8. The maximum absolute atomic E-state index is 13.5. The van der Waals surface area contributed by atoms with Crippen molar-refractivity contribution >= 4 is 35.5 Å². The summed E-state index contributed by atoms with van der Waals surface area (Å²) in [6.07, 6.45) is 5.39. The molecule has 0 heterocycles. The SMILES string of the molecule is CC(=O)N[C@@H](CC1CCCCC1)[C@@H](O)CC(C(=O)N[C@@H](CCC(N)=O)C(=O)N[C@@H](CCCN=C(N)N)C(N)=O)C(C)C. The van der Waals surface area contributed by atoms with Crippen LogP contribution < -0.4 is 38.9 Å². The number of primary amides is 2. The Balaban J connectivity index is 3.00. The molecule has 1 aliphatic carbocycles. The van der Waals surface area contributed by atoms with Gasteiger partial charge in [-0.2, -0.15) is 0 Å². The molecule has 0 aliphatic heterocycles. The van der Waals surface area contributed by atoms with Gasteiger partial charge in [-0.25, -0.2) is 0 Å². The molecule has 0 spiro atoms. The second-order valence-electron chi connectivity index (χ2n) is 11.7. The lowest BCUT2D eigenvalue weighted by Gasteiger charge is -2.32. The van der Waals surface area contributed by atoms with E-state index in [1.807, 2.05) is 13.8 Å². The molecule has 0 aromatic rings. The number of hydrogen-bond donors (Lipinski definition) is 8. The molecule has 14 nitrogen and oxygen atoms in total. The van der Waals surface area contributed by atoms with Gasteiger partial charge in [0.25, 0.3) is 0 Å². The van der Waals surface area contributed by atoms with E-state index in [2.05, 4.69) is 20.9 Å². The van der Waals surface area contributed by atoms with Gasteiger partial charge in [-0.15, -0.1) is 0 Å². The number of carbonyl (C=O) groups excluding carboxylic acids is 5. The smallest absolute Gasteiger partial charge is 0.243 e. The van der Waals surface area contributed by atoms with Crippen molar-refractivity contribution in [2.75, 3.05) is 6.54 Å². The normalized spacial score (nSPS) is 17.3. The number of nitrogens with two attached hydrogens (primary N) is 4. The van der Waals surface area contributed by atoms with E-state index in [1.54, 1.807) is 0 Å². The molecule has 0 aromatic heterocycles. The number of nitrogens with one attached hydrogen (secondary N) is 3. The van der Waals surface area contributed by atoms with Gasteiger partial charge in [0.15, 0.2) is 5.96 Å². The van der Waals surface area contributed by atoms with Crippen molar-refractivity contribution in [2.45, 2.75) is 116 Å². The minimum Gasteiger partial charge on any atom is -0.391 e. The fourth-order valence-electron chi connectivity index (χ4n) is 5.36. The molecule has 0 radical (unpaired) electrons. The number of rotatable bonds is 19. The van der Waals surface area contributed by atoms with Gasteiger partial charge in [0.05, 0.1) is 12.1 Å². The van der Waals surface area contributed by atoms with Crippen LogP contribution in [0, 0.1) is 17.8 Å². The van der Waals surface area contributed by atoms with Crippen molar-refractivity contribution in [3.63, 3.8) is 0 Å². The van der Waals surface area contributed by atoms with Gasteiger partial charge in [0.1, 0.15) is 12.1 Å². The first-order valence-electron chi connectivity index (χ1n) is 14.9. The predicted molar refractivity (Wildman–Crippen MR) is 159 cm³/mol. The molecule has 12 N–H and O–H groups in total. The highest BCUT2D eigenvalue weighted by Crippen LogP contribution is 2.29. The quantitative estimate of drug-likeness (QED) is 0.0533.